The summed E-state index contributed by atoms with van der Waals surface area (Å²) in [6, 6.07) is 0. The molecule has 88 valence electrons. The van der Waals surface area contributed by atoms with E-state index in [1.807, 2.05) is 6.92 Å². The number of hydrogen-bond donors (Lipinski definition) is 2. The van der Waals surface area contributed by atoms with Gasteiger partial charge in [-0.25, -0.2) is 0 Å². The summed E-state index contributed by atoms with van der Waals surface area (Å²) in [7, 11) is 0. The topological polar surface area (TPSA) is 69.9 Å². The largest absolute Gasteiger partial charge is 0.481 e. The quantitative estimate of drug-likeness (QED) is 0.439. The molecular formula is C10H18ClNO3. The summed E-state index contributed by atoms with van der Waals surface area (Å²) in [6.07, 6.45) is 5.12. The number of nitrogens with zero attached hydrogens (tertiary/aromatic N) is 1. The summed E-state index contributed by atoms with van der Waals surface area (Å²) >= 11 is 5.79. The zero-order valence-corrected chi connectivity index (χ0v) is 9.70. The monoisotopic (exact) mass is 235 g/mol. The molecule has 1 saturated carbocycles. The summed E-state index contributed by atoms with van der Waals surface area (Å²) in [6.45, 7) is 1.84. The normalized spacial score (nSPS) is 23.1. The van der Waals surface area contributed by atoms with E-state index in [4.69, 9.17) is 21.9 Å². The first-order valence-corrected chi connectivity index (χ1v) is 5.62. The minimum atomic E-state index is -0.711. The molecule has 5 heteroatoms. The van der Waals surface area contributed by atoms with Crippen molar-refractivity contribution in [3.05, 3.63) is 0 Å². The van der Waals surface area contributed by atoms with Gasteiger partial charge < -0.3 is 10.3 Å². The van der Waals surface area contributed by atoms with Gasteiger partial charge in [0.1, 0.15) is 0 Å². The lowest BCUT2D eigenvalue weighted by atomic mass is 9.98. The SMILES string of the molecule is CCCC(=O)O.ON=C1CCCCC1Cl. The third kappa shape index (κ3) is 7.19. The molecule has 2 N–H and O–H groups in total. The summed E-state index contributed by atoms with van der Waals surface area (Å²) in [5, 5.41) is 19.4. The summed E-state index contributed by atoms with van der Waals surface area (Å²) < 4.78 is 0. The van der Waals surface area contributed by atoms with E-state index >= 15 is 0 Å². The molecule has 1 aliphatic carbocycles. The second-order valence-electron chi connectivity index (χ2n) is 3.45. The number of carboxylic acid groups (broad SMARTS) is 1. The molecule has 1 aliphatic rings. The van der Waals surface area contributed by atoms with Gasteiger partial charge in [0.15, 0.2) is 0 Å². The fourth-order valence-electron chi connectivity index (χ4n) is 1.28. The fourth-order valence-corrected chi connectivity index (χ4v) is 1.59. The highest BCUT2D eigenvalue weighted by molar-refractivity contribution is 6.32. The number of carboxylic acids is 1. The first kappa shape index (κ1) is 14.2. The second-order valence-corrected chi connectivity index (χ2v) is 3.98. The molecule has 0 radical (unpaired) electrons. The zero-order chi connectivity index (χ0) is 11.7. The van der Waals surface area contributed by atoms with E-state index in [0.29, 0.717) is 6.42 Å². The number of carbonyl (C=O) groups is 1. The van der Waals surface area contributed by atoms with Crippen LogP contribution in [0.1, 0.15) is 45.4 Å². The Labute approximate surface area is 94.9 Å². The van der Waals surface area contributed by atoms with Crippen molar-refractivity contribution in [1.29, 1.82) is 0 Å². The van der Waals surface area contributed by atoms with Crippen molar-refractivity contribution in [1.82, 2.24) is 0 Å². The van der Waals surface area contributed by atoms with Gasteiger partial charge in [-0.15, -0.1) is 11.6 Å². The molecule has 0 saturated heterocycles. The van der Waals surface area contributed by atoms with E-state index in [0.717, 1.165) is 37.8 Å². The van der Waals surface area contributed by atoms with Crippen LogP contribution in [0, 0.1) is 0 Å². The summed E-state index contributed by atoms with van der Waals surface area (Å²) in [4.78, 5) is 9.60. The maximum Gasteiger partial charge on any atom is 0.303 e. The smallest absolute Gasteiger partial charge is 0.303 e. The van der Waals surface area contributed by atoms with E-state index in [-0.39, 0.29) is 5.38 Å². The molecule has 0 aromatic heterocycles. The molecular weight excluding hydrogens is 218 g/mol. The van der Waals surface area contributed by atoms with Crippen molar-refractivity contribution in [2.24, 2.45) is 5.16 Å². The Morgan fingerprint density at radius 2 is 2.27 bits per heavy atom. The van der Waals surface area contributed by atoms with Gasteiger partial charge in [-0.05, 0) is 25.7 Å². The van der Waals surface area contributed by atoms with Crippen LogP contribution in [0.25, 0.3) is 0 Å². The minimum Gasteiger partial charge on any atom is -0.481 e. The van der Waals surface area contributed by atoms with Crippen molar-refractivity contribution in [3.63, 3.8) is 0 Å². The van der Waals surface area contributed by atoms with E-state index in [2.05, 4.69) is 5.16 Å². The molecule has 1 unspecified atom stereocenters. The van der Waals surface area contributed by atoms with Gasteiger partial charge in [0.25, 0.3) is 0 Å². The molecule has 1 rings (SSSR count). The predicted molar refractivity (Wildman–Crippen MR) is 59.9 cm³/mol. The minimum absolute atomic E-state index is 0.0104. The predicted octanol–water partition coefficient (Wildman–Crippen LogP) is 2.87. The van der Waals surface area contributed by atoms with Crippen LogP contribution in [0.3, 0.4) is 0 Å². The van der Waals surface area contributed by atoms with Crippen LogP contribution in [0.15, 0.2) is 5.16 Å². The maximum atomic E-state index is 9.60. The molecule has 0 aromatic carbocycles. The van der Waals surface area contributed by atoms with Gasteiger partial charge in [-0.1, -0.05) is 18.5 Å². The lowest BCUT2D eigenvalue weighted by Gasteiger charge is -2.15. The van der Waals surface area contributed by atoms with Crippen molar-refractivity contribution >= 4 is 23.3 Å². The fraction of sp³-hybridized carbons (Fsp3) is 0.800. The number of aliphatic carboxylic acids is 1. The maximum absolute atomic E-state index is 9.60. The molecule has 4 nitrogen and oxygen atoms in total. The number of oxime groups is 1. The summed E-state index contributed by atoms with van der Waals surface area (Å²) in [5.41, 5.74) is 0.753. The molecule has 1 fully saturated rings. The van der Waals surface area contributed by atoms with E-state index in [9.17, 15) is 4.79 Å². The first-order chi connectivity index (χ1) is 7.11. The van der Waals surface area contributed by atoms with Crippen LogP contribution in [0.2, 0.25) is 0 Å². The molecule has 0 bridgehead atoms. The van der Waals surface area contributed by atoms with E-state index in [1.54, 1.807) is 0 Å². The van der Waals surface area contributed by atoms with Crippen LogP contribution in [0.5, 0.6) is 0 Å². The highest BCUT2D eigenvalue weighted by atomic mass is 35.5. The third-order valence-electron chi connectivity index (χ3n) is 2.09. The molecule has 0 heterocycles. The number of halogens is 1. The lowest BCUT2D eigenvalue weighted by molar-refractivity contribution is -0.137. The molecule has 15 heavy (non-hydrogen) atoms. The Hall–Kier alpha value is -0.770. The Balaban J connectivity index is 0.000000288. The highest BCUT2D eigenvalue weighted by Crippen LogP contribution is 2.19. The number of rotatable bonds is 2. The second kappa shape index (κ2) is 8.53. The van der Waals surface area contributed by atoms with Crippen LogP contribution in [-0.2, 0) is 4.79 Å². The highest BCUT2D eigenvalue weighted by Gasteiger charge is 2.17. The molecule has 0 aliphatic heterocycles. The molecule has 0 amide bonds. The van der Waals surface area contributed by atoms with E-state index in [1.165, 1.54) is 0 Å². The van der Waals surface area contributed by atoms with Crippen LogP contribution in [0.4, 0.5) is 0 Å². The van der Waals surface area contributed by atoms with E-state index < -0.39 is 5.97 Å². The Bertz CT molecular complexity index is 219. The van der Waals surface area contributed by atoms with Crippen molar-refractivity contribution in [3.8, 4) is 0 Å². The standard InChI is InChI=1S/C6H10ClNO.C4H8O2/c7-5-3-1-2-4-6(5)8-9;1-2-3-4(5)6/h5,9H,1-4H2;2-3H2,1H3,(H,5,6). The molecule has 0 aromatic rings. The van der Waals surface area contributed by atoms with Gasteiger partial charge in [-0.2, -0.15) is 0 Å². The van der Waals surface area contributed by atoms with Gasteiger partial charge in [0.2, 0.25) is 0 Å². The lowest BCUT2D eigenvalue weighted by Crippen LogP contribution is -2.18. The zero-order valence-electron chi connectivity index (χ0n) is 8.95. The number of hydrogen-bond acceptors (Lipinski definition) is 3. The first-order valence-electron chi connectivity index (χ1n) is 5.18. The van der Waals surface area contributed by atoms with Crippen LogP contribution >= 0.6 is 11.6 Å². The average Bonchev–Trinajstić information content (AvgIpc) is 2.19. The average molecular weight is 236 g/mol. The van der Waals surface area contributed by atoms with Crippen LogP contribution in [-0.4, -0.2) is 27.4 Å². The van der Waals surface area contributed by atoms with Crippen molar-refractivity contribution in [2.45, 2.75) is 50.8 Å². The number of alkyl halides is 1. The van der Waals surface area contributed by atoms with Gasteiger partial charge >= 0.3 is 5.97 Å². The van der Waals surface area contributed by atoms with Crippen LogP contribution < -0.4 is 0 Å². The summed E-state index contributed by atoms with van der Waals surface area (Å²) in [5.74, 6) is -0.711. The third-order valence-corrected chi connectivity index (χ3v) is 2.56. The van der Waals surface area contributed by atoms with Gasteiger partial charge in [0, 0.05) is 6.42 Å². The van der Waals surface area contributed by atoms with Gasteiger partial charge in [0.05, 0.1) is 11.1 Å². The van der Waals surface area contributed by atoms with Gasteiger partial charge in [-0.3, -0.25) is 4.79 Å². The van der Waals surface area contributed by atoms with Crippen molar-refractivity contribution < 1.29 is 15.1 Å². The van der Waals surface area contributed by atoms with Crippen molar-refractivity contribution in [2.75, 3.05) is 0 Å². The Morgan fingerprint density at radius 3 is 2.53 bits per heavy atom. The Morgan fingerprint density at radius 1 is 1.60 bits per heavy atom. The molecule has 1 atom stereocenters. The molecule has 0 spiro atoms. The Kier molecular flexibility index (Phi) is 8.09.